The molecule has 0 saturated carbocycles. The van der Waals surface area contributed by atoms with Crippen molar-refractivity contribution < 1.29 is 9.42 Å². The molecule has 3 rings (SSSR count). The highest BCUT2D eigenvalue weighted by molar-refractivity contribution is 5.96. The van der Waals surface area contributed by atoms with E-state index < -0.39 is 0 Å². The van der Waals surface area contributed by atoms with Crippen LogP contribution in [0.25, 0.3) is 0 Å². The van der Waals surface area contributed by atoms with Crippen LogP contribution in [0.15, 0.2) is 23.0 Å². The topological polar surface area (TPSA) is 90.2 Å². The third-order valence-corrected chi connectivity index (χ3v) is 4.06. The van der Waals surface area contributed by atoms with Crippen LogP contribution < -0.4 is 5.73 Å². The quantitative estimate of drug-likeness (QED) is 0.909. The van der Waals surface area contributed by atoms with Crippen LogP contribution in [-0.2, 0) is 7.05 Å². The molecule has 2 aromatic rings. The Hall–Kier alpha value is -2.31. The van der Waals surface area contributed by atoms with Crippen LogP contribution >= 0.6 is 0 Å². The predicted octanol–water partition coefficient (Wildman–Crippen LogP) is 1.75. The summed E-state index contributed by atoms with van der Waals surface area (Å²) in [5, 5.41) is 7.15. The highest BCUT2D eigenvalue weighted by atomic mass is 16.6. The summed E-state index contributed by atoms with van der Waals surface area (Å²) in [6.45, 7) is 0.695. The van der Waals surface area contributed by atoms with Crippen molar-refractivity contribution in [1.82, 2.24) is 19.8 Å². The van der Waals surface area contributed by atoms with E-state index in [0.717, 1.165) is 31.4 Å². The predicted molar refractivity (Wildman–Crippen MR) is 76.4 cm³/mol. The van der Waals surface area contributed by atoms with Gasteiger partial charge in [-0.05, 0) is 35.3 Å². The number of nitrogens with zero attached hydrogens (tertiary/aromatic N) is 4. The Labute approximate surface area is 122 Å². The largest absolute Gasteiger partial charge is 0.379 e. The lowest BCUT2D eigenvalue weighted by molar-refractivity contribution is 0.0664. The van der Waals surface area contributed by atoms with E-state index in [2.05, 4.69) is 25.6 Å². The molecule has 1 atom stereocenters. The van der Waals surface area contributed by atoms with Gasteiger partial charge in [-0.3, -0.25) is 4.79 Å². The first-order valence-corrected chi connectivity index (χ1v) is 7.18. The highest BCUT2D eigenvalue weighted by Gasteiger charge is 2.31. The number of hydrogen-bond acceptors (Lipinski definition) is 5. The highest BCUT2D eigenvalue weighted by Crippen LogP contribution is 2.31. The smallest absolute Gasteiger partial charge is 0.280 e. The number of likely N-dealkylation sites (tertiary alicyclic amines) is 1. The maximum absolute atomic E-state index is 12.7. The van der Waals surface area contributed by atoms with Crippen molar-refractivity contribution in [2.45, 2.75) is 31.7 Å². The molecule has 1 aliphatic rings. The van der Waals surface area contributed by atoms with Gasteiger partial charge in [0.05, 0.1) is 6.04 Å². The molecule has 0 aliphatic carbocycles. The zero-order chi connectivity index (χ0) is 14.8. The minimum Gasteiger partial charge on any atom is -0.379 e. The Morgan fingerprint density at radius 1 is 1.38 bits per heavy atom. The van der Waals surface area contributed by atoms with Crippen LogP contribution in [0.4, 0.5) is 5.82 Å². The van der Waals surface area contributed by atoms with Gasteiger partial charge in [0.1, 0.15) is 0 Å². The number of aromatic nitrogens is 3. The number of anilines is 1. The lowest BCUT2D eigenvalue weighted by Crippen LogP contribution is -2.36. The van der Waals surface area contributed by atoms with Crippen LogP contribution in [0, 0.1) is 0 Å². The second kappa shape index (κ2) is 5.59. The Kier molecular flexibility index (Phi) is 3.64. The van der Waals surface area contributed by atoms with E-state index in [0.29, 0.717) is 6.54 Å². The summed E-state index contributed by atoms with van der Waals surface area (Å²) < 4.78 is 6.62. The van der Waals surface area contributed by atoms with E-state index in [1.807, 2.05) is 24.2 Å². The number of carbonyl (C=O) groups excluding carboxylic acids is 1. The first-order chi connectivity index (χ1) is 10.2. The van der Waals surface area contributed by atoms with Gasteiger partial charge in [-0.25, -0.2) is 4.63 Å². The molecule has 1 amide bonds. The Morgan fingerprint density at radius 3 is 2.90 bits per heavy atom. The average molecular weight is 289 g/mol. The summed E-state index contributed by atoms with van der Waals surface area (Å²) in [6, 6.07) is 4.09. The van der Waals surface area contributed by atoms with E-state index in [4.69, 9.17) is 5.73 Å². The van der Waals surface area contributed by atoms with E-state index in [9.17, 15) is 4.79 Å². The standard InChI is InChI=1S/C14H19N5O2/c1-18-8-5-7-10(18)11-6-3-2-4-9-19(11)14(20)12-13(15)17-21-16-12/h5,7-8,11H,2-4,6,9H2,1H3,(H2,15,17). The fourth-order valence-corrected chi connectivity index (χ4v) is 2.96. The minimum absolute atomic E-state index is 0.0381. The summed E-state index contributed by atoms with van der Waals surface area (Å²) in [6.07, 6.45) is 6.14. The summed E-state index contributed by atoms with van der Waals surface area (Å²) in [5.74, 6) is -0.156. The molecule has 1 unspecified atom stereocenters. The van der Waals surface area contributed by atoms with Crippen LogP contribution in [0.1, 0.15) is 47.9 Å². The van der Waals surface area contributed by atoms with Crippen LogP contribution in [0.5, 0.6) is 0 Å². The van der Waals surface area contributed by atoms with Gasteiger partial charge in [0.15, 0.2) is 0 Å². The molecular weight excluding hydrogens is 270 g/mol. The number of nitrogen functional groups attached to an aromatic ring is 1. The molecule has 1 aliphatic heterocycles. The van der Waals surface area contributed by atoms with Crippen LogP contribution in [-0.4, -0.2) is 32.2 Å². The van der Waals surface area contributed by atoms with Gasteiger partial charge in [-0.2, -0.15) is 0 Å². The molecule has 7 heteroatoms. The molecular formula is C14H19N5O2. The van der Waals surface area contributed by atoms with Gasteiger partial charge >= 0.3 is 0 Å². The third-order valence-electron chi connectivity index (χ3n) is 4.06. The molecule has 0 radical (unpaired) electrons. The maximum Gasteiger partial charge on any atom is 0.280 e. The van der Waals surface area contributed by atoms with Crippen LogP contribution in [0.2, 0.25) is 0 Å². The molecule has 3 heterocycles. The van der Waals surface area contributed by atoms with Crippen molar-refractivity contribution in [3.63, 3.8) is 0 Å². The molecule has 2 aromatic heterocycles. The van der Waals surface area contributed by atoms with Gasteiger partial charge in [-0.1, -0.05) is 12.8 Å². The number of hydrogen-bond donors (Lipinski definition) is 1. The maximum atomic E-state index is 12.7. The average Bonchev–Trinajstić information content (AvgIpc) is 3.00. The summed E-state index contributed by atoms with van der Waals surface area (Å²) in [5.41, 5.74) is 6.89. The van der Waals surface area contributed by atoms with Crippen molar-refractivity contribution in [1.29, 1.82) is 0 Å². The monoisotopic (exact) mass is 289 g/mol. The number of aryl methyl sites for hydroxylation is 1. The van der Waals surface area contributed by atoms with Crippen LogP contribution in [0.3, 0.4) is 0 Å². The summed E-state index contributed by atoms with van der Waals surface area (Å²) >= 11 is 0. The molecule has 7 nitrogen and oxygen atoms in total. The van der Waals surface area contributed by atoms with Gasteiger partial charge in [-0.15, -0.1) is 0 Å². The fraction of sp³-hybridized carbons (Fsp3) is 0.500. The Balaban J connectivity index is 1.94. The van der Waals surface area contributed by atoms with E-state index in [1.54, 1.807) is 0 Å². The molecule has 0 spiro atoms. The molecule has 21 heavy (non-hydrogen) atoms. The van der Waals surface area contributed by atoms with Gasteiger partial charge in [0, 0.05) is 25.5 Å². The first kappa shape index (κ1) is 13.7. The van der Waals surface area contributed by atoms with Crippen molar-refractivity contribution in [3.05, 3.63) is 29.7 Å². The Bertz CT molecular complexity index is 633. The second-order valence-electron chi connectivity index (χ2n) is 5.41. The fourth-order valence-electron chi connectivity index (χ4n) is 2.96. The Morgan fingerprint density at radius 2 is 2.24 bits per heavy atom. The summed E-state index contributed by atoms with van der Waals surface area (Å²) in [7, 11) is 1.99. The minimum atomic E-state index is -0.207. The van der Waals surface area contributed by atoms with Crippen molar-refractivity contribution in [2.24, 2.45) is 7.05 Å². The molecule has 1 fully saturated rings. The number of carbonyl (C=O) groups is 1. The molecule has 112 valence electrons. The molecule has 1 saturated heterocycles. The lowest BCUT2D eigenvalue weighted by atomic mass is 10.1. The SMILES string of the molecule is Cn1cccc1C1CCCCCN1C(=O)c1nonc1N. The van der Waals surface area contributed by atoms with Gasteiger partial charge in [0.2, 0.25) is 11.5 Å². The van der Waals surface area contributed by atoms with Gasteiger partial charge < -0.3 is 15.2 Å². The number of rotatable bonds is 2. The molecule has 0 aromatic carbocycles. The third kappa shape index (κ3) is 2.51. The zero-order valence-electron chi connectivity index (χ0n) is 12.0. The van der Waals surface area contributed by atoms with Crippen molar-refractivity contribution in [2.75, 3.05) is 12.3 Å². The zero-order valence-corrected chi connectivity index (χ0v) is 12.0. The second-order valence-corrected chi connectivity index (χ2v) is 5.41. The van der Waals surface area contributed by atoms with Crippen molar-refractivity contribution >= 4 is 11.7 Å². The normalized spacial score (nSPS) is 19.5. The summed E-state index contributed by atoms with van der Waals surface area (Å²) in [4.78, 5) is 14.6. The van der Waals surface area contributed by atoms with E-state index in [-0.39, 0.29) is 23.5 Å². The van der Waals surface area contributed by atoms with Crippen molar-refractivity contribution in [3.8, 4) is 0 Å². The van der Waals surface area contributed by atoms with Gasteiger partial charge in [0.25, 0.3) is 5.91 Å². The lowest BCUT2D eigenvalue weighted by Gasteiger charge is -2.29. The molecule has 2 N–H and O–H groups in total. The molecule has 0 bridgehead atoms. The number of nitrogens with two attached hydrogens (primary N) is 1. The number of amides is 1. The first-order valence-electron chi connectivity index (χ1n) is 7.18. The van der Waals surface area contributed by atoms with E-state index in [1.165, 1.54) is 0 Å². The van der Waals surface area contributed by atoms with E-state index >= 15 is 0 Å².